The number of rotatable bonds is 4. The fourth-order valence-corrected chi connectivity index (χ4v) is 2.32. The Labute approximate surface area is 104 Å². The zero-order valence-electron chi connectivity index (χ0n) is 11.2. The molecular weight excluding hydrogens is 216 g/mol. The van der Waals surface area contributed by atoms with Gasteiger partial charge in [-0.2, -0.15) is 0 Å². The van der Waals surface area contributed by atoms with Crippen molar-refractivity contribution in [2.24, 2.45) is 5.92 Å². The van der Waals surface area contributed by atoms with Crippen LogP contribution in [0, 0.1) is 5.92 Å². The van der Waals surface area contributed by atoms with Crippen molar-refractivity contribution in [3.8, 4) is 0 Å². The monoisotopic (exact) mass is 240 g/mol. The minimum Gasteiger partial charge on any atom is -0.353 e. The SMILES string of the molecule is CCC(CC)C(=O)NC1CCN(C(C)=O)CC1. The van der Waals surface area contributed by atoms with Crippen molar-refractivity contribution in [3.63, 3.8) is 0 Å². The molecule has 0 spiro atoms. The molecule has 17 heavy (non-hydrogen) atoms. The Kier molecular flexibility index (Phi) is 5.45. The van der Waals surface area contributed by atoms with Gasteiger partial charge in [0, 0.05) is 32.0 Å². The van der Waals surface area contributed by atoms with Crippen molar-refractivity contribution >= 4 is 11.8 Å². The Morgan fingerprint density at radius 1 is 1.24 bits per heavy atom. The Morgan fingerprint density at radius 2 is 1.76 bits per heavy atom. The van der Waals surface area contributed by atoms with Crippen LogP contribution >= 0.6 is 0 Å². The standard InChI is InChI=1S/C13H24N2O2/c1-4-11(5-2)13(17)14-12-6-8-15(9-7-12)10(3)16/h11-12H,4-9H2,1-3H3,(H,14,17). The summed E-state index contributed by atoms with van der Waals surface area (Å²) in [6, 6.07) is 0.249. The Balaban J connectivity index is 2.35. The number of likely N-dealkylation sites (tertiary alicyclic amines) is 1. The van der Waals surface area contributed by atoms with E-state index < -0.39 is 0 Å². The molecule has 1 saturated heterocycles. The molecule has 4 nitrogen and oxygen atoms in total. The lowest BCUT2D eigenvalue weighted by atomic mass is 10.00. The smallest absolute Gasteiger partial charge is 0.223 e. The summed E-state index contributed by atoms with van der Waals surface area (Å²) in [7, 11) is 0. The summed E-state index contributed by atoms with van der Waals surface area (Å²) >= 11 is 0. The zero-order chi connectivity index (χ0) is 12.8. The molecule has 0 aromatic heterocycles. The van der Waals surface area contributed by atoms with Crippen LogP contribution < -0.4 is 5.32 Å². The second-order valence-electron chi connectivity index (χ2n) is 4.80. The van der Waals surface area contributed by atoms with Gasteiger partial charge in [-0.1, -0.05) is 13.8 Å². The van der Waals surface area contributed by atoms with Gasteiger partial charge in [-0.05, 0) is 25.7 Å². The molecule has 4 heteroatoms. The fraction of sp³-hybridized carbons (Fsp3) is 0.846. The molecule has 1 aliphatic heterocycles. The minimum atomic E-state index is 0.134. The number of hydrogen-bond acceptors (Lipinski definition) is 2. The molecule has 98 valence electrons. The lowest BCUT2D eigenvalue weighted by molar-refractivity contribution is -0.130. The summed E-state index contributed by atoms with van der Waals surface area (Å²) in [4.78, 5) is 24.9. The second kappa shape index (κ2) is 6.62. The van der Waals surface area contributed by atoms with Crippen molar-refractivity contribution in [2.45, 2.75) is 52.5 Å². The molecule has 0 aromatic rings. The molecule has 0 aliphatic carbocycles. The maximum absolute atomic E-state index is 11.9. The Hall–Kier alpha value is -1.06. The summed E-state index contributed by atoms with van der Waals surface area (Å²) in [5.41, 5.74) is 0. The molecule has 0 atom stereocenters. The van der Waals surface area contributed by atoms with Crippen molar-refractivity contribution in [3.05, 3.63) is 0 Å². The number of hydrogen-bond donors (Lipinski definition) is 1. The largest absolute Gasteiger partial charge is 0.353 e. The zero-order valence-corrected chi connectivity index (χ0v) is 11.2. The average molecular weight is 240 g/mol. The first-order chi connectivity index (χ1) is 8.08. The Morgan fingerprint density at radius 3 is 2.18 bits per heavy atom. The topological polar surface area (TPSA) is 49.4 Å². The number of amides is 2. The lowest BCUT2D eigenvalue weighted by Gasteiger charge is -2.32. The van der Waals surface area contributed by atoms with Crippen molar-refractivity contribution in [1.29, 1.82) is 0 Å². The van der Waals surface area contributed by atoms with E-state index in [4.69, 9.17) is 0 Å². The van der Waals surface area contributed by atoms with Crippen LogP contribution in [-0.4, -0.2) is 35.8 Å². The molecule has 1 aliphatic rings. The van der Waals surface area contributed by atoms with Gasteiger partial charge < -0.3 is 10.2 Å². The van der Waals surface area contributed by atoms with Gasteiger partial charge in [0.25, 0.3) is 0 Å². The maximum Gasteiger partial charge on any atom is 0.223 e. The summed E-state index contributed by atoms with van der Waals surface area (Å²) < 4.78 is 0. The van der Waals surface area contributed by atoms with Crippen LogP contribution in [0.4, 0.5) is 0 Å². The number of carbonyl (C=O) groups excluding carboxylic acids is 2. The fourth-order valence-electron chi connectivity index (χ4n) is 2.32. The molecular formula is C13H24N2O2. The van der Waals surface area contributed by atoms with E-state index >= 15 is 0 Å². The predicted octanol–water partition coefficient (Wildman–Crippen LogP) is 1.55. The average Bonchev–Trinajstić information content (AvgIpc) is 2.31. The summed E-state index contributed by atoms with van der Waals surface area (Å²) in [5.74, 6) is 0.451. The normalized spacial score (nSPS) is 17.3. The van der Waals surface area contributed by atoms with Gasteiger partial charge in [-0.15, -0.1) is 0 Å². The van der Waals surface area contributed by atoms with Gasteiger partial charge in [0.05, 0.1) is 0 Å². The molecule has 0 aromatic carbocycles. The third-order valence-corrected chi connectivity index (χ3v) is 3.64. The highest BCUT2D eigenvalue weighted by Crippen LogP contribution is 2.13. The highest BCUT2D eigenvalue weighted by atomic mass is 16.2. The van der Waals surface area contributed by atoms with Gasteiger partial charge in [0.15, 0.2) is 0 Å². The Bertz CT molecular complexity index is 267. The van der Waals surface area contributed by atoms with E-state index in [1.807, 2.05) is 18.7 Å². The van der Waals surface area contributed by atoms with E-state index in [1.165, 1.54) is 0 Å². The molecule has 0 unspecified atom stereocenters. The lowest BCUT2D eigenvalue weighted by Crippen LogP contribution is -2.47. The highest BCUT2D eigenvalue weighted by molar-refractivity contribution is 5.79. The van der Waals surface area contributed by atoms with E-state index in [1.54, 1.807) is 6.92 Å². The van der Waals surface area contributed by atoms with Gasteiger partial charge in [-0.3, -0.25) is 9.59 Å². The van der Waals surface area contributed by atoms with E-state index in [-0.39, 0.29) is 23.8 Å². The van der Waals surface area contributed by atoms with Crippen LogP contribution in [-0.2, 0) is 9.59 Å². The van der Waals surface area contributed by atoms with E-state index in [2.05, 4.69) is 5.32 Å². The quantitative estimate of drug-likeness (QED) is 0.810. The summed E-state index contributed by atoms with van der Waals surface area (Å²) in [6.45, 7) is 7.23. The molecule has 1 heterocycles. The van der Waals surface area contributed by atoms with E-state index in [0.29, 0.717) is 0 Å². The number of nitrogens with zero attached hydrogens (tertiary/aromatic N) is 1. The van der Waals surface area contributed by atoms with Gasteiger partial charge in [-0.25, -0.2) is 0 Å². The number of carbonyl (C=O) groups is 2. The van der Waals surface area contributed by atoms with Crippen LogP contribution in [0.25, 0.3) is 0 Å². The van der Waals surface area contributed by atoms with Gasteiger partial charge in [0.1, 0.15) is 0 Å². The molecule has 0 radical (unpaired) electrons. The van der Waals surface area contributed by atoms with E-state index in [0.717, 1.165) is 38.8 Å². The van der Waals surface area contributed by atoms with E-state index in [9.17, 15) is 9.59 Å². The number of nitrogens with one attached hydrogen (secondary N) is 1. The van der Waals surface area contributed by atoms with Crippen molar-refractivity contribution < 1.29 is 9.59 Å². The molecule has 2 amide bonds. The van der Waals surface area contributed by atoms with Crippen molar-refractivity contribution in [2.75, 3.05) is 13.1 Å². The predicted molar refractivity (Wildman–Crippen MR) is 67.5 cm³/mol. The van der Waals surface area contributed by atoms with Gasteiger partial charge >= 0.3 is 0 Å². The first-order valence-electron chi connectivity index (χ1n) is 6.64. The third kappa shape index (κ3) is 4.02. The first-order valence-corrected chi connectivity index (χ1v) is 6.64. The third-order valence-electron chi connectivity index (χ3n) is 3.64. The molecule has 0 saturated carbocycles. The number of piperidine rings is 1. The molecule has 0 bridgehead atoms. The summed E-state index contributed by atoms with van der Waals surface area (Å²) in [6.07, 6.45) is 3.56. The van der Waals surface area contributed by atoms with Crippen LogP contribution in [0.1, 0.15) is 46.5 Å². The highest BCUT2D eigenvalue weighted by Gasteiger charge is 2.23. The molecule has 1 fully saturated rings. The maximum atomic E-state index is 11.9. The molecule has 1 N–H and O–H groups in total. The van der Waals surface area contributed by atoms with Crippen LogP contribution in [0.2, 0.25) is 0 Å². The van der Waals surface area contributed by atoms with Crippen LogP contribution in [0.3, 0.4) is 0 Å². The first kappa shape index (κ1) is 14.0. The summed E-state index contributed by atoms with van der Waals surface area (Å²) in [5, 5.41) is 3.10. The van der Waals surface area contributed by atoms with Crippen molar-refractivity contribution in [1.82, 2.24) is 10.2 Å². The van der Waals surface area contributed by atoms with Crippen LogP contribution in [0.15, 0.2) is 0 Å². The second-order valence-corrected chi connectivity index (χ2v) is 4.80. The van der Waals surface area contributed by atoms with Crippen LogP contribution in [0.5, 0.6) is 0 Å². The molecule has 1 rings (SSSR count). The minimum absolute atomic E-state index is 0.134. The van der Waals surface area contributed by atoms with Gasteiger partial charge in [0.2, 0.25) is 11.8 Å².